The highest BCUT2D eigenvalue weighted by molar-refractivity contribution is 7.88. The molecule has 1 aromatic carbocycles. The van der Waals surface area contributed by atoms with Crippen molar-refractivity contribution < 1.29 is 17.6 Å². The van der Waals surface area contributed by atoms with E-state index in [-0.39, 0.29) is 28.8 Å². The molecule has 0 spiro atoms. The van der Waals surface area contributed by atoms with Crippen LogP contribution >= 0.6 is 0 Å². The maximum atomic E-state index is 14.3. The molecule has 6 rings (SSSR count). The SMILES string of the molecule is CC1(C)CCCCN1S(=O)(=O)Cc1ccc(F)c(NC(=O)[C@]23C4CNC2[C@H]43)c1. The molecule has 2 aliphatic carbocycles. The van der Waals surface area contributed by atoms with Crippen LogP contribution in [0.2, 0.25) is 0 Å². The highest BCUT2D eigenvalue weighted by Gasteiger charge is 2.93. The van der Waals surface area contributed by atoms with Gasteiger partial charge in [-0.1, -0.05) is 12.5 Å². The minimum atomic E-state index is -3.53. The third-order valence-electron chi connectivity index (χ3n) is 7.24. The molecule has 28 heavy (non-hydrogen) atoms. The number of halogens is 1. The van der Waals surface area contributed by atoms with Crippen LogP contribution in [0.25, 0.3) is 0 Å². The second-order valence-electron chi connectivity index (χ2n) is 9.32. The van der Waals surface area contributed by atoms with E-state index in [1.165, 1.54) is 18.2 Å². The fourth-order valence-corrected chi connectivity index (χ4v) is 7.64. The van der Waals surface area contributed by atoms with E-state index in [2.05, 4.69) is 10.6 Å². The number of anilines is 1. The van der Waals surface area contributed by atoms with Crippen molar-refractivity contribution in [3.63, 3.8) is 0 Å². The summed E-state index contributed by atoms with van der Waals surface area (Å²) in [5, 5.41) is 6.01. The number of hydrogen-bond acceptors (Lipinski definition) is 4. The number of hydrogen-bond donors (Lipinski definition) is 2. The van der Waals surface area contributed by atoms with Gasteiger partial charge in [-0.25, -0.2) is 12.8 Å². The molecule has 2 saturated carbocycles. The van der Waals surface area contributed by atoms with Crippen LogP contribution < -0.4 is 10.6 Å². The first-order valence-electron chi connectivity index (χ1n) is 10.0. The largest absolute Gasteiger partial charge is 0.323 e. The lowest BCUT2D eigenvalue weighted by molar-refractivity contribution is -0.119. The second-order valence-corrected chi connectivity index (χ2v) is 11.2. The summed E-state index contributed by atoms with van der Waals surface area (Å²) in [6, 6.07) is 4.43. The maximum Gasteiger partial charge on any atom is 0.232 e. The number of rotatable bonds is 5. The highest BCUT2D eigenvalue weighted by Crippen LogP contribution is 2.82. The fraction of sp³-hybridized carbons (Fsp3) is 0.650. The van der Waals surface area contributed by atoms with Gasteiger partial charge in [0.2, 0.25) is 15.9 Å². The van der Waals surface area contributed by atoms with Crippen LogP contribution in [0.4, 0.5) is 10.1 Å². The van der Waals surface area contributed by atoms with Gasteiger partial charge in [-0.3, -0.25) is 4.79 Å². The van der Waals surface area contributed by atoms with Crippen molar-refractivity contribution in [1.82, 2.24) is 9.62 Å². The van der Waals surface area contributed by atoms with Crippen LogP contribution in [-0.2, 0) is 20.6 Å². The molecule has 0 radical (unpaired) electrons. The predicted octanol–water partition coefficient (Wildman–Crippen LogP) is 2.08. The molecule has 1 aromatic rings. The molecule has 3 heterocycles. The summed E-state index contributed by atoms with van der Waals surface area (Å²) in [5.41, 5.74) is -0.194. The molecular formula is C20H26FN3O3S. The zero-order valence-electron chi connectivity index (χ0n) is 16.2. The Hall–Kier alpha value is -1.51. The molecule has 5 fully saturated rings. The van der Waals surface area contributed by atoms with E-state index in [9.17, 15) is 17.6 Å². The van der Waals surface area contributed by atoms with Crippen molar-refractivity contribution in [1.29, 1.82) is 0 Å². The topological polar surface area (TPSA) is 78.5 Å². The number of nitrogens with one attached hydrogen (secondary N) is 2. The molecule has 5 aliphatic rings. The lowest BCUT2D eigenvalue weighted by Crippen LogP contribution is -2.50. The molecule has 152 valence electrons. The molecule has 4 atom stereocenters. The number of piperidine rings is 2. The van der Waals surface area contributed by atoms with Crippen molar-refractivity contribution >= 4 is 21.6 Å². The Morgan fingerprint density at radius 3 is 2.79 bits per heavy atom. The molecule has 2 N–H and O–H groups in total. The molecule has 6 nitrogen and oxygen atoms in total. The van der Waals surface area contributed by atoms with Crippen LogP contribution in [0.1, 0.15) is 38.7 Å². The van der Waals surface area contributed by atoms with Gasteiger partial charge in [-0.2, -0.15) is 4.31 Å². The van der Waals surface area contributed by atoms with Crippen molar-refractivity contribution in [2.75, 3.05) is 18.4 Å². The van der Waals surface area contributed by atoms with Gasteiger partial charge in [0, 0.05) is 18.1 Å². The number of sulfonamides is 1. The number of benzene rings is 1. The smallest absolute Gasteiger partial charge is 0.232 e. The van der Waals surface area contributed by atoms with Crippen molar-refractivity contribution in [2.24, 2.45) is 17.3 Å². The first-order chi connectivity index (χ1) is 13.2. The Labute approximate surface area is 164 Å². The quantitative estimate of drug-likeness (QED) is 0.783. The third-order valence-corrected chi connectivity index (χ3v) is 9.29. The Bertz CT molecular complexity index is 940. The van der Waals surface area contributed by atoms with Crippen LogP contribution in [0.3, 0.4) is 0 Å². The van der Waals surface area contributed by atoms with Crippen molar-refractivity contribution in [3.8, 4) is 0 Å². The average Bonchev–Trinajstić information content (AvgIpc) is 3.31. The van der Waals surface area contributed by atoms with Gasteiger partial charge in [0.1, 0.15) is 5.82 Å². The zero-order valence-corrected chi connectivity index (χ0v) is 17.0. The van der Waals surface area contributed by atoms with Crippen LogP contribution in [0, 0.1) is 23.1 Å². The van der Waals surface area contributed by atoms with E-state index < -0.39 is 21.4 Å². The van der Waals surface area contributed by atoms with Crippen LogP contribution in [-0.4, -0.2) is 43.3 Å². The standard InChI is InChI=1S/C20H26FN3O3S/c1-19(2)7-3-4-8-24(19)28(26,27)11-12-5-6-14(21)15(9-12)23-18(25)20-13-10-22-17(20)16(13)20/h5-6,9,13,16-17,22H,3-4,7-8,10-11H2,1-2H3,(H,23,25)/t13?,16-,17?,20-/m0/s1. The molecule has 2 unspecified atom stereocenters. The molecule has 3 saturated heterocycles. The lowest BCUT2D eigenvalue weighted by Gasteiger charge is -2.41. The summed E-state index contributed by atoms with van der Waals surface area (Å²) in [6.45, 7) is 5.27. The van der Waals surface area contributed by atoms with Crippen LogP contribution in [0.5, 0.6) is 0 Å². The molecule has 8 heteroatoms. The summed E-state index contributed by atoms with van der Waals surface area (Å²) in [6.07, 6.45) is 2.70. The van der Waals surface area contributed by atoms with E-state index >= 15 is 0 Å². The number of carbonyl (C=O) groups is 1. The number of amides is 1. The van der Waals surface area contributed by atoms with Gasteiger partial charge in [-0.05, 0) is 62.8 Å². The molecular weight excluding hydrogens is 381 g/mol. The summed E-state index contributed by atoms with van der Waals surface area (Å²) >= 11 is 0. The van der Waals surface area contributed by atoms with E-state index in [0.717, 1.165) is 25.8 Å². The normalized spacial score (nSPS) is 35.3. The van der Waals surface area contributed by atoms with E-state index in [0.29, 0.717) is 23.9 Å². The van der Waals surface area contributed by atoms with Crippen molar-refractivity contribution in [2.45, 2.75) is 50.4 Å². The number of nitrogens with zero attached hydrogens (tertiary/aromatic N) is 1. The fourth-order valence-electron chi connectivity index (χ4n) is 5.63. The maximum absolute atomic E-state index is 14.3. The second kappa shape index (κ2) is 5.77. The van der Waals surface area contributed by atoms with E-state index in [4.69, 9.17) is 0 Å². The Balaban J connectivity index is 1.33. The highest BCUT2D eigenvalue weighted by atomic mass is 32.2. The monoisotopic (exact) mass is 407 g/mol. The van der Waals surface area contributed by atoms with Gasteiger partial charge in [0.15, 0.2) is 0 Å². The summed E-state index contributed by atoms with van der Waals surface area (Å²) < 4.78 is 41.8. The number of carbonyl (C=O) groups excluding carboxylic acids is 1. The van der Waals surface area contributed by atoms with Gasteiger partial charge in [-0.15, -0.1) is 0 Å². The molecule has 2 bridgehead atoms. The van der Waals surface area contributed by atoms with E-state index in [1.807, 2.05) is 13.8 Å². The van der Waals surface area contributed by atoms with Gasteiger partial charge in [0.05, 0.1) is 16.9 Å². The zero-order chi connectivity index (χ0) is 19.9. The van der Waals surface area contributed by atoms with Gasteiger partial charge in [0.25, 0.3) is 0 Å². The third kappa shape index (κ3) is 2.50. The minimum absolute atomic E-state index is 0.0712. The molecule has 0 aromatic heterocycles. The minimum Gasteiger partial charge on any atom is -0.323 e. The average molecular weight is 408 g/mol. The first-order valence-corrected chi connectivity index (χ1v) is 11.6. The number of fused-ring (bicyclic) bond motifs is 1. The van der Waals surface area contributed by atoms with Gasteiger partial charge >= 0.3 is 0 Å². The molecule has 3 aliphatic heterocycles. The lowest BCUT2D eigenvalue weighted by atomic mass is 9.93. The Morgan fingerprint density at radius 2 is 2.14 bits per heavy atom. The summed E-state index contributed by atoms with van der Waals surface area (Å²) in [4.78, 5) is 12.6. The predicted molar refractivity (Wildman–Crippen MR) is 103 cm³/mol. The summed E-state index contributed by atoms with van der Waals surface area (Å²) in [7, 11) is -3.53. The summed E-state index contributed by atoms with van der Waals surface area (Å²) in [5.74, 6) is -0.0954. The van der Waals surface area contributed by atoms with Gasteiger partial charge < -0.3 is 10.6 Å². The van der Waals surface area contributed by atoms with E-state index in [1.54, 1.807) is 4.31 Å². The Morgan fingerprint density at radius 1 is 1.36 bits per heavy atom. The molecule has 1 amide bonds. The Kier molecular flexibility index (Phi) is 3.81. The van der Waals surface area contributed by atoms with Crippen molar-refractivity contribution in [3.05, 3.63) is 29.6 Å². The first kappa shape index (κ1) is 18.5. The van der Waals surface area contributed by atoms with Crippen LogP contribution in [0.15, 0.2) is 18.2 Å².